The minimum atomic E-state index is -0.591. The fraction of sp³-hybridized carbons (Fsp3) is 0.467. The van der Waals surface area contributed by atoms with E-state index in [0.717, 1.165) is 12.8 Å². The zero-order valence-corrected chi connectivity index (χ0v) is 11.3. The Kier molecular flexibility index (Phi) is 2.82. The molecule has 2 aliphatic carbocycles. The molecule has 0 bridgehead atoms. The maximum atomic E-state index is 13.6. The van der Waals surface area contributed by atoms with Gasteiger partial charge in [-0.25, -0.2) is 8.78 Å². The maximum absolute atomic E-state index is 13.6. The van der Waals surface area contributed by atoms with Crippen molar-refractivity contribution < 1.29 is 13.3 Å². The van der Waals surface area contributed by atoms with E-state index >= 15 is 0 Å². The molecular formula is C15H15F2N3O. The van der Waals surface area contributed by atoms with Crippen LogP contribution in [0.1, 0.15) is 36.0 Å². The molecular weight excluding hydrogens is 276 g/mol. The monoisotopic (exact) mass is 291 g/mol. The van der Waals surface area contributed by atoms with E-state index in [0.29, 0.717) is 23.6 Å². The molecule has 21 heavy (non-hydrogen) atoms. The van der Waals surface area contributed by atoms with Gasteiger partial charge in [-0.3, -0.25) is 0 Å². The fourth-order valence-corrected chi connectivity index (χ4v) is 3.47. The normalized spacial score (nSPS) is 30.4. The van der Waals surface area contributed by atoms with Crippen molar-refractivity contribution >= 4 is 0 Å². The first-order valence-corrected chi connectivity index (χ1v) is 7.14. The largest absolute Gasteiger partial charge is 0.339 e. The van der Waals surface area contributed by atoms with Crippen LogP contribution in [-0.2, 0) is 6.42 Å². The van der Waals surface area contributed by atoms with Crippen LogP contribution in [0.4, 0.5) is 8.78 Å². The second-order valence-electron chi connectivity index (χ2n) is 6.00. The van der Waals surface area contributed by atoms with E-state index in [9.17, 15) is 8.78 Å². The highest BCUT2D eigenvalue weighted by Gasteiger charge is 2.55. The van der Waals surface area contributed by atoms with Crippen molar-refractivity contribution in [3.05, 3.63) is 47.1 Å². The Morgan fingerprint density at radius 2 is 1.95 bits per heavy atom. The Morgan fingerprint density at radius 1 is 1.19 bits per heavy atom. The number of benzene rings is 1. The van der Waals surface area contributed by atoms with Crippen LogP contribution in [0.5, 0.6) is 0 Å². The number of aromatic nitrogens is 2. The first-order chi connectivity index (χ1) is 10.1. The molecule has 0 aliphatic heterocycles. The lowest BCUT2D eigenvalue weighted by molar-refractivity contribution is 0.338. The second kappa shape index (κ2) is 4.59. The number of hydrogen-bond acceptors (Lipinski definition) is 4. The molecule has 2 saturated carbocycles. The van der Waals surface area contributed by atoms with Gasteiger partial charge >= 0.3 is 0 Å². The molecule has 2 aliphatic rings. The molecule has 4 atom stereocenters. The average molecular weight is 291 g/mol. The third-order valence-electron chi connectivity index (χ3n) is 4.68. The summed E-state index contributed by atoms with van der Waals surface area (Å²) in [4.78, 5) is 4.31. The van der Waals surface area contributed by atoms with Crippen molar-refractivity contribution in [2.24, 2.45) is 17.6 Å². The zero-order valence-electron chi connectivity index (χ0n) is 11.3. The maximum Gasteiger partial charge on any atom is 0.230 e. The second-order valence-corrected chi connectivity index (χ2v) is 6.00. The van der Waals surface area contributed by atoms with Crippen molar-refractivity contribution in [1.29, 1.82) is 0 Å². The Balaban J connectivity index is 1.55. The number of halogens is 2. The van der Waals surface area contributed by atoms with E-state index in [1.165, 1.54) is 18.2 Å². The SMILES string of the molecule is N[C@@H]1C[C@H](c2nc(Cc3c(F)cccc3F)no2)[C@H]2C[C@H]21. The molecule has 6 heteroatoms. The van der Waals surface area contributed by atoms with Crippen molar-refractivity contribution in [2.75, 3.05) is 0 Å². The van der Waals surface area contributed by atoms with E-state index in [1.807, 2.05) is 0 Å². The van der Waals surface area contributed by atoms with Crippen molar-refractivity contribution in [2.45, 2.75) is 31.2 Å². The van der Waals surface area contributed by atoms with Crippen molar-refractivity contribution in [1.82, 2.24) is 10.1 Å². The lowest BCUT2D eigenvalue weighted by Crippen LogP contribution is -2.19. The quantitative estimate of drug-likeness (QED) is 0.943. The van der Waals surface area contributed by atoms with Crippen LogP contribution in [0.25, 0.3) is 0 Å². The minimum Gasteiger partial charge on any atom is -0.339 e. The topological polar surface area (TPSA) is 64.9 Å². The molecule has 1 aromatic carbocycles. The Hall–Kier alpha value is -1.82. The van der Waals surface area contributed by atoms with Gasteiger partial charge < -0.3 is 10.3 Å². The summed E-state index contributed by atoms with van der Waals surface area (Å²) in [7, 11) is 0. The van der Waals surface area contributed by atoms with Crippen LogP contribution in [-0.4, -0.2) is 16.2 Å². The van der Waals surface area contributed by atoms with Gasteiger partial charge in [-0.05, 0) is 36.8 Å². The number of nitrogens with zero attached hydrogens (tertiary/aromatic N) is 2. The number of rotatable bonds is 3. The van der Waals surface area contributed by atoms with Crippen molar-refractivity contribution in [3.63, 3.8) is 0 Å². The van der Waals surface area contributed by atoms with Crippen LogP contribution in [0, 0.1) is 23.5 Å². The van der Waals surface area contributed by atoms with Gasteiger partial charge in [0.15, 0.2) is 5.82 Å². The van der Waals surface area contributed by atoms with E-state index in [2.05, 4.69) is 10.1 Å². The molecule has 0 spiro atoms. The summed E-state index contributed by atoms with van der Waals surface area (Å²) >= 11 is 0. The van der Waals surface area contributed by atoms with Crippen LogP contribution >= 0.6 is 0 Å². The van der Waals surface area contributed by atoms with Crippen LogP contribution in [0.15, 0.2) is 22.7 Å². The molecule has 0 saturated heterocycles. The Morgan fingerprint density at radius 3 is 2.57 bits per heavy atom. The van der Waals surface area contributed by atoms with Gasteiger partial charge in [0.1, 0.15) is 11.6 Å². The van der Waals surface area contributed by atoms with Gasteiger partial charge in [-0.15, -0.1) is 0 Å². The molecule has 2 aromatic rings. The highest BCUT2D eigenvalue weighted by molar-refractivity contribution is 5.23. The Labute approximate surface area is 120 Å². The molecule has 0 radical (unpaired) electrons. The molecule has 1 heterocycles. The predicted molar refractivity (Wildman–Crippen MR) is 70.4 cm³/mol. The summed E-state index contributed by atoms with van der Waals surface area (Å²) in [6.07, 6.45) is 1.96. The summed E-state index contributed by atoms with van der Waals surface area (Å²) in [5.74, 6) is 1.01. The molecule has 0 amide bonds. The Bertz CT molecular complexity index is 667. The van der Waals surface area contributed by atoms with Gasteiger partial charge in [0.2, 0.25) is 5.89 Å². The molecule has 110 valence electrons. The summed E-state index contributed by atoms with van der Waals surface area (Å²) in [6, 6.07) is 4.00. The van der Waals surface area contributed by atoms with Gasteiger partial charge in [-0.2, -0.15) is 4.98 Å². The van der Waals surface area contributed by atoms with E-state index in [1.54, 1.807) is 0 Å². The third kappa shape index (κ3) is 2.14. The number of fused-ring (bicyclic) bond motifs is 1. The van der Waals surface area contributed by atoms with E-state index in [4.69, 9.17) is 10.3 Å². The van der Waals surface area contributed by atoms with Crippen LogP contribution in [0.3, 0.4) is 0 Å². The summed E-state index contributed by atoms with van der Waals surface area (Å²) < 4.78 is 32.5. The smallest absolute Gasteiger partial charge is 0.230 e. The molecule has 2 fully saturated rings. The third-order valence-corrected chi connectivity index (χ3v) is 4.68. The summed E-state index contributed by atoms with van der Waals surface area (Å²) in [6.45, 7) is 0. The highest BCUT2D eigenvalue weighted by Crippen LogP contribution is 2.58. The first-order valence-electron chi connectivity index (χ1n) is 7.14. The first kappa shape index (κ1) is 12.9. The van der Waals surface area contributed by atoms with Gasteiger partial charge in [0, 0.05) is 23.9 Å². The molecule has 4 nitrogen and oxygen atoms in total. The van der Waals surface area contributed by atoms with Crippen LogP contribution in [0.2, 0.25) is 0 Å². The number of hydrogen-bond donors (Lipinski definition) is 1. The molecule has 4 rings (SSSR count). The van der Waals surface area contributed by atoms with Gasteiger partial charge in [0.05, 0.1) is 0 Å². The minimum absolute atomic E-state index is 0.00508. The molecule has 1 aromatic heterocycles. The lowest BCUT2D eigenvalue weighted by Gasteiger charge is -2.07. The average Bonchev–Trinajstić information content (AvgIpc) is 3.00. The zero-order chi connectivity index (χ0) is 14.6. The van der Waals surface area contributed by atoms with E-state index in [-0.39, 0.29) is 23.9 Å². The summed E-state index contributed by atoms with van der Waals surface area (Å²) in [5.41, 5.74) is 6.00. The fourth-order valence-electron chi connectivity index (χ4n) is 3.47. The number of nitrogens with two attached hydrogens (primary N) is 1. The highest BCUT2D eigenvalue weighted by atomic mass is 19.1. The van der Waals surface area contributed by atoms with Crippen LogP contribution < -0.4 is 5.73 Å². The molecule has 2 N–H and O–H groups in total. The van der Waals surface area contributed by atoms with Gasteiger partial charge in [0.25, 0.3) is 0 Å². The standard InChI is InChI=1S/C15H15F2N3O/c16-11-2-1-3-12(17)10(11)6-14-19-15(21-20-14)9-5-13(18)8-4-7(8)9/h1-3,7-9,13H,4-6,18H2/t7-,8+,9-,13+/m0/s1. The molecule has 0 unspecified atom stereocenters. The van der Waals surface area contributed by atoms with Gasteiger partial charge in [-0.1, -0.05) is 11.2 Å². The van der Waals surface area contributed by atoms with Crippen molar-refractivity contribution in [3.8, 4) is 0 Å². The predicted octanol–water partition coefficient (Wildman–Crippen LogP) is 2.39. The lowest BCUT2D eigenvalue weighted by atomic mass is 10.0. The van der Waals surface area contributed by atoms with E-state index < -0.39 is 11.6 Å². The summed E-state index contributed by atoms with van der Waals surface area (Å²) in [5, 5.41) is 3.86.